The number of carbonyl (C=O) groups is 2. The Morgan fingerprint density at radius 1 is 1.28 bits per heavy atom. The van der Waals surface area contributed by atoms with Crippen LogP contribution in [0.5, 0.6) is 0 Å². The van der Waals surface area contributed by atoms with Gasteiger partial charge in [0.25, 0.3) is 0 Å². The first kappa shape index (κ1) is 21.5. The summed E-state index contributed by atoms with van der Waals surface area (Å²) in [5.41, 5.74) is 1.98. The molecule has 1 N–H and O–H groups in total. The molecule has 0 spiro atoms. The summed E-state index contributed by atoms with van der Waals surface area (Å²) in [5.74, 6) is 0.348. The molecule has 3 rings (SSSR count). The Morgan fingerprint density at radius 3 is 2.66 bits per heavy atom. The van der Waals surface area contributed by atoms with E-state index in [4.69, 9.17) is 4.74 Å². The molecule has 2 fully saturated rings. The van der Waals surface area contributed by atoms with E-state index in [0.29, 0.717) is 12.8 Å². The second-order valence-corrected chi connectivity index (χ2v) is 7.95. The largest absolute Gasteiger partial charge is 0.394 e. The van der Waals surface area contributed by atoms with E-state index in [0.717, 1.165) is 43.6 Å². The molecule has 0 radical (unpaired) electrons. The fraction of sp³-hybridized carbons (Fsp3) is 0.565. The smallest absolute Gasteiger partial charge is 0.227 e. The van der Waals surface area contributed by atoms with Gasteiger partial charge in [-0.2, -0.15) is 0 Å². The maximum Gasteiger partial charge on any atom is 0.227 e. The number of ether oxygens (including phenoxy) is 1. The van der Waals surface area contributed by atoms with Crippen LogP contribution in [0.1, 0.15) is 50.7 Å². The molecule has 0 bridgehead atoms. The van der Waals surface area contributed by atoms with E-state index >= 15 is 0 Å². The van der Waals surface area contributed by atoms with Crippen molar-refractivity contribution in [1.29, 1.82) is 0 Å². The molecule has 6 heteroatoms. The third-order valence-electron chi connectivity index (χ3n) is 5.98. The Labute approximate surface area is 173 Å². The van der Waals surface area contributed by atoms with Crippen molar-refractivity contribution in [3.63, 3.8) is 0 Å². The molecule has 0 saturated carbocycles. The minimum absolute atomic E-state index is 0.0268. The number of aliphatic hydroxyl groups excluding tert-OH is 1. The third kappa shape index (κ3) is 5.06. The molecule has 29 heavy (non-hydrogen) atoms. The lowest BCUT2D eigenvalue weighted by Crippen LogP contribution is -2.37. The van der Waals surface area contributed by atoms with E-state index in [9.17, 15) is 14.7 Å². The molecule has 2 aliphatic rings. The Morgan fingerprint density at radius 2 is 2.03 bits per heavy atom. The lowest BCUT2D eigenvalue weighted by Gasteiger charge is -2.23. The molecule has 0 unspecified atom stereocenters. The van der Waals surface area contributed by atoms with Crippen LogP contribution in [0, 0.1) is 5.92 Å². The van der Waals surface area contributed by atoms with Crippen molar-refractivity contribution in [2.75, 3.05) is 31.7 Å². The van der Waals surface area contributed by atoms with E-state index in [1.54, 1.807) is 12.0 Å². The minimum Gasteiger partial charge on any atom is -0.394 e. The number of methoxy groups -OCH3 is 1. The molecule has 2 aliphatic heterocycles. The average molecular weight is 401 g/mol. The Bertz CT molecular complexity index is 731. The van der Waals surface area contributed by atoms with Gasteiger partial charge in [-0.1, -0.05) is 31.2 Å². The highest BCUT2D eigenvalue weighted by atomic mass is 16.5. The van der Waals surface area contributed by atoms with Crippen molar-refractivity contribution in [1.82, 2.24) is 4.90 Å². The average Bonchev–Trinajstić information content (AvgIpc) is 3.37. The van der Waals surface area contributed by atoms with Crippen LogP contribution in [-0.2, 0) is 14.3 Å². The van der Waals surface area contributed by atoms with Crippen molar-refractivity contribution < 1.29 is 19.4 Å². The summed E-state index contributed by atoms with van der Waals surface area (Å²) in [4.78, 5) is 27.9. The van der Waals surface area contributed by atoms with Gasteiger partial charge in [0.1, 0.15) is 0 Å². The van der Waals surface area contributed by atoms with Crippen LogP contribution in [0.3, 0.4) is 0 Å². The lowest BCUT2D eigenvalue weighted by atomic mass is 9.96. The van der Waals surface area contributed by atoms with Crippen LogP contribution < -0.4 is 4.90 Å². The molecule has 0 aliphatic carbocycles. The monoisotopic (exact) mass is 400 g/mol. The second kappa shape index (κ2) is 10.0. The van der Waals surface area contributed by atoms with Gasteiger partial charge in [-0.25, -0.2) is 0 Å². The van der Waals surface area contributed by atoms with Gasteiger partial charge in [0.2, 0.25) is 11.8 Å². The van der Waals surface area contributed by atoms with E-state index in [1.807, 2.05) is 41.3 Å². The number of benzene rings is 1. The first-order valence-corrected chi connectivity index (χ1v) is 10.5. The lowest BCUT2D eigenvalue weighted by molar-refractivity contribution is -0.131. The summed E-state index contributed by atoms with van der Waals surface area (Å²) in [6.07, 6.45) is 7.53. The van der Waals surface area contributed by atoms with Crippen molar-refractivity contribution in [2.45, 2.75) is 51.2 Å². The van der Waals surface area contributed by atoms with Crippen LogP contribution in [0.15, 0.2) is 36.4 Å². The predicted molar refractivity (Wildman–Crippen MR) is 113 cm³/mol. The summed E-state index contributed by atoms with van der Waals surface area (Å²) in [5, 5.41) is 9.38. The Balaban J connectivity index is 1.58. The Kier molecular flexibility index (Phi) is 7.45. The van der Waals surface area contributed by atoms with Gasteiger partial charge in [0.05, 0.1) is 18.8 Å². The number of anilines is 1. The normalized spacial score (nSPS) is 21.9. The van der Waals surface area contributed by atoms with Crippen molar-refractivity contribution in [3.8, 4) is 0 Å². The summed E-state index contributed by atoms with van der Waals surface area (Å²) in [6, 6.07) is 7.96. The van der Waals surface area contributed by atoms with Crippen molar-refractivity contribution >= 4 is 17.5 Å². The van der Waals surface area contributed by atoms with Gasteiger partial charge in [-0.3, -0.25) is 9.59 Å². The third-order valence-corrected chi connectivity index (χ3v) is 5.98. The molecule has 1 aromatic carbocycles. The standard InChI is InChI=1S/C23H32N2O4/c1-17(6-3-8-21(27)25-14-4-7-20(25)16-26)23(29-2)18-10-12-19(13-11-18)24-15-5-9-22(24)28/h3,6,10-13,17,20,23,26H,4-5,7-9,14-16H2,1-2H3/b6-3+/t17-,20-,23+/m0/s1. The SMILES string of the molecule is CO[C@@H](c1ccc(N2CCCC2=O)cc1)[C@@H](C)/C=C/CC(=O)N1CCC[C@H]1CO. The van der Waals surface area contributed by atoms with Crippen LogP contribution in [0.4, 0.5) is 5.69 Å². The van der Waals surface area contributed by atoms with Gasteiger partial charge in [-0.05, 0) is 37.0 Å². The van der Waals surface area contributed by atoms with Gasteiger partial charge in [0.15, 0.2) is 0 Å². The van der Waals surface area contributed by atoms with Crippen molar-refractivity contribution in [2.24, 2.45) is 5.92 Å². The molecule has 0 aromatic heterocycles. The molecular weight excluding hydrogens is 368 g/mol. The fourth-order valence-electron chi connectivity index (χ4n) is 4.37. The molecule has 158 valence electrons. The van der Waals surface area contributed by atoms with E-state index in [1.165, 1.54) is 0 Å². The number of aliphatic hydroxyl groups is 1. The van der Waals surface area contributed by atoms with Gasteiger partial charge >= 0.3 is 0 Å². The van der Waals surface area contributed by atoms with Crippen LogP contribution in [0.25, 0.3) is 0 Å². The number of amides is 2. The second-order valence-electron chi connectivity index (χ2n) is 7.95. The summed E-state index contributed by atoms with van der Waals surface area (Å²) in [7, 11) is 1.69. The van der Waals surface area contributed by atoms with Gasteiger partial charge in [0, 0.05) is 44.6 Å². The van der Waals surface area contributed by atoms with E-state index in [-0.39, 0.29) is 36.5 Å². The number of nitrogens with zero attached hydrogens (tertiary/aromatic N) is 2. The zero-order valence-electron chi connectivity index (χ0n) is 17.4. The highest BCUT2D eigenvalue weighted by molar-refractivity contribution is 5.95. The summed E-state index contributed by atoms with van der Waals surface area (Å²) >= 11 is 0. The Hall–Kier alpha value is -2.18. The van der Waals surface area contributed by atoms with E-state index < -0.39 is 0 Å². The zero-order chi connectivity index (χ0) is 20.8. The zero-order valence-corrected chi connectivity index (χ0v) is 17.4. The number of hydrogen-bond donors (Lipinski definition) is 1. The molecule has 6 nitrogen and oxygen atoms in total. The highest BCUT2D eigenvalue weighted by Gasteiger charge is 2.27. The number of carbonyl (C=O) groups excluding carboxylic acids is 2. The van der Waals surface area contributed by atoms with Crippen LogP contribution in [0.2, 0.25) is 0 Å². The van der Waals surface area contributed by atoms with Crippen LogP contribution >= 0.6 is 0 Å². The fourth-order valence-corrected chi connectivity index (χ4v) is 4.37. The molecule has 2 saturated heterocycles. The number of rotatable bonds is 8. The summed E-state index contributed by atoms with van der Waals surface area (Å²) in [6.45, 7) is 3.63. The highest BCUT2D eigenvalue weighted by Crippen LogP contribution is 2.29. The quantitative estimate of drug-likeness (QED) is 0.681. The molecule has 2 heterocycles. The van der Waals surface area contributed by atoms with Crippen molar-refractivity contribution in [3.05, 3.63) is 42.0 Å². The minimum atomic E-state index is -0.123. The van der Waals surface area contributed by atoms with E-state index in [2.05, 4.69) is 6.92 Å². The molecule has 1 aromatic rings. The van der Waals surface area contributed by atoms with Gasteiger partial charge < -0.3 is 19.6 Å². The topological polar surface area (TPSA) is 70.1 Å². The first-order valence-electron chi connectivity index (χ1n) is 10.5. The summed E-state index contributed by atoms with van der Waals surface area (Å²) < 4.78 is 5.72. The number of likely N-dealkylation sites (tertiary alicyclic amines) is 1. The maximum atomic E-state index is 12.4. The number of hydrogen-bond acceptors (Lipinski definition) is 4. The molecule has 3 atom stereocenters. The van der Waals surface area contributed by atoms with Crippen LogP contribution in [-0.4, -0.2) is 54.7 Å². The predicted octanol–water partition coefficient (Wildman–Crippen LogP) is 3.07. The first-order chi connectivity index (χ1) is 14.0. The molecular formula is C23H32N2O4. The molecule has 2 amide bonds. The maximum absolute atomic E-state index is 12.4. The van der Waals surface area contributed by atoms with Gasteiger partial charge in [-0.15, -0.1) is 0 Å².